The fourth-order valence-corrected chi connectivity index (χ4v) is 3.14. The van der Waals surface area contributed by atoms with Crippen LogP contribution < -0.4 is 10.5 Å². The van der Waals surface area contributed by atoms with Gasteiger partial charge in [-0.25, -0.2) is 21.6 Å². The van der Waals surface area contributed by atoms with Crippen LogP contribution in [-0.2, 0) is 10.0 Å². The molecule has 112 valence electrons. The molecule has 2 aromatic carbocycles. The quantitative estimate of drug-likeness (QED) is 0.846. The first kappa shape index (κ1) is 15.5. The van der Waals surface area contributed by atoms with E-state index in [0.717, 1.165) is 24.3 Å². The van der Waals surface area contributed by atoms with E-state index in [1.54, 1.807) is 0 Å². The molecule has 0 spiro atoms. The highest BCUT2D eigenvalue weighted by atomic mass is 35.5. The van der Waals surface area contributed by atoms with Crippen molar-refractivity contribution in [2.75, 3.05) is 10.5 Å². The van der Waals surface area contributed by atoms with Crippen molar-refractivity contribution in [1.29, 1.82) is 0 Å². The number of nitrogens with one attached hydrogen (secondary N) is 1. The Labute approximate surface area is 123 Å². The molecule has 3 N–H and O–H groups in total. The maximum absolute atomic E-state index is 13.5. The van der Waals surface area contributed by atoms with Gasteiger partial charge in [-0.05, 0) is 24.3 Å². The molecule has 0 heterocycles. The van der Waals surface area contributed by atoms with Crippen LogP contribution in [-0.4, -0.2) is 8.42 Å². The van der Waals surface area contributed by atoms with E-state index in [4.69, 9.17) is 17.3 Å². The van der Waals surface area contributed by atoms with Gasteiger partial charge in [0.25, 0.3) is 10.0 Å². The highest BCUT2D eigenvalue weighted by Crippen LogP contribution is 2.28. The molecule has 21 heavy (non-hydrogen) atoms. The molecule has 0 unspecified atom stereocenters. The molecular weight excluding hydrogens is 329 g/mol. The molecule has 0 aliphatic rings. The van der Waals surface area contributed by atoms with Gasteiger partial charge in [0.2, 0.25) is 0 Å². The van der Waals surface area contributed by atoms with Gasteiger partial charge >= 0.3 is 0 Å². The van der Waals surface area contributed by atoms with Crippen LogP contribution in [0, 0.1) is 17.5 Å². The molecule has 2 aromatic rings. The van der Waals surface area contributed by atoms with E-state index >= 15 is 0 Å². The van der Waals surface area contributed by atoms with Gasteiger partial charge in [0.05, 0.1) is 16.4 Å². The van der Waals surface area contributed by atoms with E-state index in [1.807, 2.05) is 4.72 Å². The molecule has 0 aliphatic heterocycles. The number of nitrogens with two attached hydrogens (primary N) is 1. The van der Waals surface area contributed by atoms with Crippen LogP contribution >= 0.6 is 11.6 Å². The standard InChI is InChI=1S/C12H8ClF3N2O2S/c13-6-4-8(15)9(17)5-11(6)21(19,20)18-10-3-1-2-7(14)12(10)16/h1-5,18H,17H2. The highest BCUT2D eigenvalue weighted by molar-refractivity contribution is 7.92. The third-order valence-corrected chi connectivity index (χ3v) is 4.37. The average Bonchev–Trinajstić information content (AvgIpc) is 2.39. The largest absolute Gasteiger partial charge is 0.396 e. The number of benzene rings is 2. The summed E-state index contributed by atoms with van der Waals surface area (Å²) < 4.78 is 65.7. The molecule has 0 saturated carbocycles. The van der Waals surface area contributed by atoms with E-state index in [-0.39, 0.29) is 0 Å². The van der Waals surface area contributed by atoms with Gasteiger partial charge in [0, 0.05) is 0 Å². The lowest BCUT2D eigenvalue weighted by molar-refractivity contribution is 0.511. The van der Waals surface area contributed by atoms with Crippen molar-refractivity contribution < 1.29 is 21.6 Å². The Hall–Kier alpha value is -1.93. The van der Waals surface area contributed by atoms with Gasteiger partial charge in [-0.2, -0.15) is 0 Å². The van der Waals surface area contributed by atoms with Crippen LogP contribution in [0.3, 0.4) is 0 Å². The molecule has 0 atom stereocenters. The van der Waals surface area contributed by atoms with Gasteiger partial charge in [-0.3, -0.25) is 4.72 Å². The zero-order valence-electron chi connectivity index (χ0n) is 10.2. The monoisotopic (exact) mass is 336 g/mol. The second kappa shape index (κ2) is 5.45. The SMILES string of the molecule is Nc1cc(S(=O)(=O)Nc2cccc(F)c2F)c(Cl)cc1F. The summed E-state index contributed by atoms with van der Waals surface area (Å²) in [7, 11) is -4.36. The third kappa shape index (κ3) is 3.06. The van der Waals surface area contributed by atoms with Crippen LogP contribution in [0.1, 0.15) is 0 Å². The Kier molecular flexibility index (Phi) is 4.02. The maximum atomic E-state index is 13.5. The summed E-state index contributed by atoms with van der Waals surface area (Å²) in [6.07, 6.45) is 0. The highest BCUT2D eigenvalue weighted by Gasteiger charge is 2.22. The number of hydrogen-bond donors (Lipinski definition) is 2. The van der Waals surface area contributed by atoms with Crippen molar-refractivity contribution in [3.8, 4) is 0 Å². The van der Waals surface area contributed by atoms with E-state index in [9.17, 15) is 21.6 Å². The Bertz CT molecular complexity index is 812. The van der Waals surface area contributed by atoms with Crippen molar-refractivity contribution in [3.05, 3.63) is 52.8 Å². The minimum absolute atomic E-state index is 0.439. The minimum Gasteiger partial charge on any atom is -0.396 e. The normalized spacial score (nSPS) is 11.4. The van der Waals surface area contributed by atoms with Crippen LogP contribution in [0.15, 0.2) is 35.2 Å². The molecule has 0 saturated heterocycles. The summed E-state index contributed by atoms with van der Waals surface area (Å²) in [4.78, 5) is -0.549. The number of rotatable bonds is 3. The van der Waals surface area contributed by atoms with E-state index in [0.29, 0.717) is 6.07 Å². The lowest BCUT2D eigenvalue weighted by atomic mass is 10.3. The van der Waals surface area contributed by atoms with Gasteiger partial charge in [-0.15, -0.1) is 0 Å². The maximum Gasteiger partial charge on any atom is 0.263 e. The van der Waals surface area contributed by atoms with Crippen LogP contribution in [0.2, 0.25) is 5.02 Å². The summed E-state index contributed by atoms with van der Waals surface area (Å²) in [6.45, 7) is 0. The second-order valence-electron chi connectivity index (χ2n) is 4.01. The minimum atomic E-state index is -4.36. The summed E-state index contributed by atoms with van der Waals surface area (Å²) >= 11 is 5.64. The molecule has 0 aliphatic carbocycles. The van der Waals surface area contributed by atoms with Crippen LogP contribution in [0.4, 0.5) is 24.5 Å². The first-order valence-electron chi connectivity index (χ1n) is 5.43. The predicted molar refractivity (Wildman–Crippen MR) is 73.0 cm³/mol. The summed E-state index contributed by atoms with van der Waals surface area (Å²) in [5, 5.41) is -0.439. The number of anilines is 2. The topological polar surface area (TPSA) is 72.2 Å². The van der Waals surface area contributed by atoms with Crippen molar-refractivity contribution in [3.63, 3.8) is 0 Å². The fraction of sp³-hybridized carbons (Fsp3) is 0. The molecule has 2 rings (SSSR count). The van der Waals surface area contributed by atoms with Gasteiger partial charge in [-0.1, -0.05) is 17.7 Å². The number of sulfonamides is 1. The summed E-state index contributed by atoms with van der Waals surface area (Å²) in [5.74, 6) is -3.48. The number of hydrogen-bond acceptors (Lipinski definition) is 3. The zero-order chi connectivity index (χ0) is 15.8. The van der Waals surface area contributed by atoms with E-state index in [2.05, 4.69) is 0 Å². The molecule has 0 aromatic heterocycles. The second-order valence-corrected chi connectivity index (χ2v) is 6.07. The van der Waals surface area contributed by atoms with Gasteiger partial charge in [0.15, 0.2) is 11.6 Å². The van der Waals surface area contributed by atoms with E-state index in [1.165, 1.54) is 0 Å². The molecular formula is C12H8ClF3N2O2S. The number of nitrogen functional groups attached to an aromatic ring is 1. The van der Waals surface area contributed by atoms with Crippen LogP contribution in [0.25, 0.3) is 0 Å². The zero-order valence-corrected chi connectivity index (χ0v) is 11.8. The van der Waals surface area contributed by atoms with Crippen LogP contribution in [0.5, 0.6) is 0 Å². The lowest BCUT2D eigenvalue weighted by Crippen LogP contribution is -2.15. The molecule has 0 bridgehead atoms. The summed E-state index contributed by atoms with van der Waals surface area (Å²) in [5.41, 5.74) is 4.23. The molecule has 9 heteroatoms. The van der Waals surface area contributed by atoms with Crippen molar-refractivity contribution >= 4 is 33.0 Å². The Morgan fingerprint density at radius 3 is 2.43 bits per heavy atom. The first-order valence-corrected chi connectivity index (χ1v) is 7.30. The Balaban J connectivity index is 2.48. The molecule has 4 nitrogen and oxygen atoms in total. The van der Waals surface area contributed by atoms with Crippen molar-refractivity contribution in [1.82, 2.24) is 0 Å². The average molecular weight is 337 g/mol. The van der Waals surface area contributed by atoms with Crippen molar-refractivity contribution in [2.45, 2.75) is 4.90 Å². The van der Waals surface area contributed by atoms with Gasteiger partial charge in [0.1, 0.15) is 10.7 Å². The predicted octanol–water partition coefficient (Wildman–Crippen LogP) is 3.14. The summed E-state index contributed by atoms with van der Waals surface area (Å²) in [6, 6.07) is 4.48. The van der Waals surface area contributed by atoms with Gasteiger partial charge < -0.3 is 5.73 Å². The lowest BCUT2D eigenvalue weighted by Gasteiger charge is -2.11. The number of halogens is 4. The molecule has 0 amide bonds. The molecule has 0 radical (unpaired) electrons. The molecule has 0 fully saturated rings. The third-order valence-electron chi connectivity index (χ3n) is 2.54. The van der Waals surface area contributed by atoms with Crippen molar-refractivity contribution in [2.24, 2.45) is 0 Å². The Morgan fingerprint density at radius 2 is 1.76 bits per heavy atom. The van der Waals surface area contributed by atoms with E-state index < -0.39 is 48.8 Å². The fourth-order valence-electron chi connectivity index (χ4n) is 1.53. The smallest absolute Gasteiger partial charge is 0.263 e. The first-order chi connectivity index (χ1) is 9.72. The Morgan fingerprint density at radius 1 is 1.10 bits per heavy atom.